The Kier molecular flexibility index (Phi) is 8.48. The maximum Gasteiger partial charge on any atom is 0.256 e. The van der Waals surface area contributed by atoms with E-state index < -0.39 is 8.07 Å². The summed E-state index contributed by atoms with van der Waals surface area (Å²) in [7, 11) is -1.11. The lowest BCUT2D eigenvalue weighted by molar-refractivity contribution is 0.0220. The van der Waals surface area contributed by atoms with E-state index in [4.69, 9.17) is 25.3 Å². The number of hydrogen-bond donors (Lipinski definition) is 0. The third-order valence-corrected chi connectivity index (χ3v) is 6.82. The molecule has 0 aliphatic carbocycles. The van der Waals surface area contributed by atoms with Crippen molar-refractivity contribution in [2.24, 2.45) is 0 Å². The lowest BCUT2D eigenvalue weighted by Gasteiger charge is -2.15. The van der Waals surface area contributed by atoms with Crippen molar-refractivity contribution < 1.29 is 18.7 Å². The first kappa shape index (κ1) is 25.5. The lowest BCUT2D eigenvalue weighted by Crippen LogP contribution is -2.22. The fourth-order valence-corrected chi connectivity index (χ4v) is 4.02. The first-order chi connectivity index (χ1) is 16.2. The highest BCUT2D eigenvalue weighted by Gasteiger charge is 2.16. The van der Waals surface area contributed by atoms with Crippen LogP contribution < -0.4 is 9.47 Å². The van der Waals surface area contributed by atoms with Crippen molar-refractivity contribution in [2.75, 3.05) is 13.4 Å². The molecule has 0 saturated carbocycles. The average Bonchev–Trinajstić information content (AvgIpc) is 3.28. The Hall–Kier alpha value is -3.15. The van der Waals surface area contributed by atoms with Crippen LogP contribution in [0.2, 0.25) is 25.7 Å². The van der Waals surface area contributed by atoms with Gasteiger partial charge in [-0.05, 0) is 68.3 Å². The van der Waals surface area contributed by atoms with Gasteiger partial charge in [0.15, 0.2) is 6.79 Å². The molecular weight excluding hydrogens is 446 g/mol. The van der Waals surface area contributed by atoms with Gasteiger partial charge in [0.1, 0.15) is 11.5 Å². The van der Waals surface area contributed by atoms with Crippen molar-refractivity contribution in [3.63, 3.8) is 0 Å². The minimum absolute atomic E-state index is 0.0162. The third kappa shape index (κ3) is 6.92. The minimum atomic E-state index is -1.11. The van der Waals surface area contributed by atoms with Gasteiger partial charge in [-0.1, -0.05) is 31.7 Å². The zero-order valence-electron chi connectivity index (χ0n) is 20.8. The second kappa shape index (κ2) is 11.3. The zero-order chi connectivity index (χ0) is 24.7. The molecule has 3 aromatic rings. The van der Waals surface area contributed by atoms with E-state index in [1.54, 1.807) is 12.1 Å². The normalized spacial score (nSPS) is 11.5. The number of nitrogens with zero attached hydrogens (tertiary/aromatic N) is 3. The summed E-state index contributed by atoms with van der Waals surface area (Å²) in [4.78, 5) is 8.15. The summed E-state index contributed by atoms with van der Waals surface area (Å²) < 4.78 is 22.6. The molecule has 0 radical (unpaired) electrons. The lowest BCUT2D eigenvalue weighted by atomic mass is 10.0. The second-order valence-electron chi connectivity index (χ2n) is 9.54. The van der Waals surface area contributed by atoms with Crippen LogP contribution >= 0.6 is 0 Å². The number of ether oxygens (including phenoxy) is 3. The summed E-state index contributed by atoms with van der Waals surface area (Å²) >= 11 is 0. The minimum Gasteiger partial charge on any atom is -0.502 e. The molecule has 0 atom stereocenters. The van der Waals surface area contributed by atoms with Crippen molar-refractivity contribution in [2.45, 2.75) is 59.0 Å². The molecule has 34 heavy (non-hydrogen) atoms. The second-order valence-corrected chi connectivity index (χ2v) is 15.2. The van der Waals surface area contributed by atoms with Gasteiger partial charge in [-0.15, -0.1) is 0 Å². The Morgan fingerprint density at radius 2 is 1.91 bits per heavy atom. The molecule has 7 nitrogen and oxygen atoms in total. The molecule has 1 heterocycles. The molecule has 0 spiro atoms. The fourth-order valence-electron chi connectivity index (χ4n) is 3.26. The van der Waals surface area contributed by atoms with Crippen LogP contribution in [0.25, 0.3) is 27.7 Å². The first-order valence-corrected chi connectivity index (χ1v) is 15.3. The van der Waals surface area contributed by atoms with Crippen LogP contribution in [-0.2, 0) is 11.2 Å². The number of aryl methyl sites for hydroxylation is 1. The Morgan fingerprint density at radius 3 is 2.59 bits per heavy atom. The highest BCUT2D eigenvalue weighted by molar-refractivity contribution is 6.76. The Labute approximate surface area is 202 Å². The molecule has 0 saturated heterocycles. The third-order valence-electron chi connectivity index (χ3n) is 5.12. The molecule has 2 aromatic carbocycles. The van der Waals surface area contributed by atoms with Crippen LogP contribution in [0.3, 0.4) is 0 Å². The number of hydrogen-bond acceptors (Lipinski definition) is 6. The largest absolute Gasteiger partial charge is 0.502 e. The van der Waals surface area contributed by atoms with Gasteiger partial charge in [0.25, 0.3) is 5.89 Å². The highest BCUT2D eigenvalue weighted by Crippen LogP contribution is 2.34. The maximum absolute atomic E-state index is 7.46. The molecule has 0 fully saturated rings. The molecule has 180 valence electrons. The van der Waals surface area contributed by atoms with Gasteiger partial charge in [0.05, 0.1) is 12.7 Å². The van der Waals surface area contributed by atoms with E-state index in [9.17, 15) is 0 Å². The molecule has 0 unspecified atom stereocenters. The molecular formula is C26H33N3O4Si. The van der Waals surface area contributed by atoms with Crippen molar-refractivity contribution in [3.05, 3.63) is 53.4 Å². The topological polar surface area (TPSA) is 71.0 Å². The summed E-state index contributed by atoms with van der Waals surface area (Å²) in [5, 5.41) is 4.18. The first-order valence-electron chi connectivity index (χ1n) is 11.6. The summed E-state index contributed by atoms with van der Waals surface area (Å²) in [6.07, 6.45) is 0.771. The molecule has 0 bridgehead atoms. The Morgan fingerprint density at radius 1 is 1.12 bits per heavy atom. The smallest absolute Gasteiger partial charge is 0.256 e. The van der Waals surface area contributed by atoms with Crippen molar-refractivity contribution in [1.29, 1.82) is 0 Å². The van der Waals surface area contributed by atoms with Gasteiger partial charge < -0.3 is 18.7 Å². The van der Waals surface area contributed by atoms with Crippen LogP contribution in [0.4, 0.5) is 5.69 Å². The van der Waals surface area contributed by atoms with Gasteiger partial charge in [0.2, 0.25) is 11.5 Å². The van der Waals surface area contributed by atoms with E-state index in [-0.39, 0.29) is 12.9 Å². The molecule has 0 aliphatic rings. The summed E-state index contributed by atoms with van der Waals surface area (Å²) in [5.74, 6) is 2.15. The molecule has 0 aliphatic heterocycles. The predicted molar refractivity (Wildman–Crippen MR) is 136 cm³/mol. The molecule has 0 amide bonds. The van der Waals surface area contributed by atoms with Crippen molar-refractivity contribution in [1.82, 2.24) is 10.1 Å². The highest BCUT2D eigenvalue weighted by atomic mass is 28.3. The SMILES string of the molecule is [C-]#[N+]c1cc(-c2nc(-c3ccc(OCOCC[Si](C)(C)C)cc3CC)no2)ccc1OC(C)C. The summed E-state index contributed by atoms with van der Waals surface area (Å²) in [6, 6.07) is 12.2. The van der Waals surface area contributed by atoms with Crippen LogP contribution in [-0.4, -0.2) is 37.7 Å². The standard InChI is InChI=1S/C26H33N3O4Si/c1-8-19-15-21(31-17-30-13-14-34(5,6)7)10-11-22(19)25-28-26(33-29-25)20-9-12-24(32-18(2)3)23(16-20)27-4/h9-12,15-16,18H,8,13-14,17H2,1-3,5-7H3. The zero-order valence-corrected chi connectivity index (χ0v) is 21.8. The number of rotatable bonds is 11. The Balaban J connectivity index is 1.73. The molecule has 3 rings (SSSR count). The van der Waals surface area contributed by atoms with Crippen molar-refractivity contribution in [3.8, 4) is 34.3 Å². The van der Waals surface area contributed by atoms with E-state index in [0.29, 0.717) is 28.7 Å². The van der Waals surface area contributed by atoms with E-state index in [1.165, 1.54) is 0 Å². The van der Waals surface area contributed by atoms with Crippen LogP contribution in [0, 0.1) is 6.57 Å². The van der Waals surface area contributed by atoms with E-state index >= 15 is 0 Å². The van der Waals surface area contributed by atoms with Crippen LogP contribution in [0.5, 0.6) is 11.5 Å². The number of benzene rings is 2. The average molecular weight is 480 g/mol. The van der Waals surface area contributed by atoms with Gasteiger partial charge in [0, 0.05) is 25.8 Å². The van der Waals surface area contributed by atoms with E-state index in [0.717, 1.165) is 35.9 Å². The van der Waals surface area contributed by atoms with Gasteiger partial charge in [-0.3, -0.25) is 0 Å². The summed E-state index contributed by atoms with van der Waals surface area (Å²) in [6.45, 7) is 21.3. The fraction of sp³-hybridized carbons (Fsp3) is 0.423. The summed E-state index contributed by atoms with van der Waals surface area (Å²) in [5.41, 5.74) is 3.02. The van der Waals surface area contributed by atoms with Gasteiger partial charge in [-0.25, -0.2) is 4.85 Å². The Bertz CT molecular complexity index is 1150. The number of aromatic nitrogens is 2. The maximum atomic E-state index is 7.46. The molecule has 0 N–H and O–H groups in total. The van der Waals surface area contributed by atoms with Crippen LogP contribution in [0.1, 0.15) is 26.3 Å². The molecule has 1 aromatic heterocycles. The van der Waals surface area contributed by atoms with Crippen LogP contribution in [0.15, 0.2) is 40.9 Å². The van der Waals surface area contributed by atoms with Gasteiger partial charge >= 0.3 is 0 Å². The quantitative estimate of drug-likeness (QED) is 0.128. The van der Waals surface area contributed by atoms with E-state index in [2.05, 4.69) is 41.6 Å². The van der Waals surface area contributed by atoms with Gasteiger partial charge in [-0.2, -0.15) is 4.98 Å². The van der Waals surface area contributed by atoms with Crippen molar-refractivity contribution >= 4 is 13.8 Å². The predicted octanol–water partition coefficient (Wildman–Crippen LogP) is 7.00. The molecule has 8 heteroatoms. The monoisotopic (exact) mass is 479 g/mol. The van der Waals surface area contributed by atoms with E-state index in [1.807, 2.05) is 38.1 Å².